The molecule has 0 fully saturated rings. The van der Waals surface area contributed by atoms with E-state index in [0.717, 1.165) is 11.8 Å². The Morgan fingerprint density at radius 1 is 1.29 bits per heavy atom. The highest BCUT2D eigenvalue weighted by molar-refractivity contribution is 5.96. The van der Waals surface area contributed by atoms with Crippen molar-refractivity contribution in [3.05, 3.63) is 53.8 Å². The van der Waals surface area contributed by atoms with Crippen molar-refractivity contribution in [2.24, 2.45) is 0 Å². The number of nitrogens with two attached hydrogens (primary N) is 1. The summed E-state index contributed by atoms with van der Waals surface area (Å²) in [5.41, 5.74) is 7.03. The van der Waals surface area contributed by atoms with Gasteiger partial charge in [0.05, 0.1) is 18.4 Å². The molecule has 0 spiro atoms. The summed E-state index contributed by atoms with van der Waals surface area (Å²) in [7, 11) is 1.26. The Morgan fingerprint density at radius 2 is 1.95 bits per heavy atom. The second-order valence-electron chi connectivity index (χ2n) is 4.46. The van der Waals surface area contributed by atoms with Crippen LogP contribution in [0.3, 0.4) is 0 Å². The van der Waals surface area contributed by atoms with Crippen molar-refractivity contribution in [2.75, 3.05) is 24.3 Å². The molecule has 0 radical (unpaired) electrons. The Bertz CT molecular complexity index is 644. The first-order valence-corrected chi connectivity index (χ1v) is 6.58. The Hall–Kier alpha value is -2.56. The van der Waals surface area contributed by atoms with E-state index in [1.165, 1.54) is 13.2 Å². The third-order valence-corrected chi connectivity index (χ3v) is 3.20. The van der Waals surface area contributed by atoms with Crippen LogP contribution in [0.25, 0.3) is 0 Å². The van der Waals surface area contributed by atoms with E-state index >= 15 is 0 Å². The number of rotatable bonds is 4. The largest absolute Gasteiger partial charge is 0.465 e. The highest BCUT2D eigenvalue weighted by atomic mass is 19.1. The van der Waals surface area contributed by atoms with Gasteiger partial charge in [0, 0.05) is 17.9 Å². The van der Waals surface area contributed by atoms with Gasteiger partial charge in [0.2, 0.25) is 0 Å². The van der Waals surface area contributed by atoms with Gasteiger partial charge >= 0.3 is 5.97 Å². The van der Waals surface area contributed by atoms with E-state index in [2.05, 4.69) is 4.74 Å². The average molecular weight is 288 g/mol. The van der Waals surface area contributed by atoms with Crippen LogP contribution in [0.5, 0.6) is 0 Å². The van der Waals surface area contributed by atoms with E-state index in [9.17, 15) is 9.18 Å². The van der Waals surface area contributed by atoms with Crippen LogP contribution in [0.1, 0.15) is 17.3 Å². The Labute approximate surface area is 122 Å². The number of benzene rings is 2. The molecule has 0 aliphatic rings. The van der Waals surface area contributed by atoms with Gasteiger partial charge in [-0.15, -0.1) is 0 Å². The van der Waals surface area contributed by atoms with E-state index in [-0.39, 0.29) is 11.3 Å². The molecule has 2 aromatic carbocycles. The van der Waals surface area contributed by atoms with E-state index in [1.807, 2.05) is 37.3 Å². The standard InChI is InChI=1S/C16H17FN2O2/c1-3-19(11-7-5-4-6-8-11)15-9-12(16(20)21-2)14(18)10-13(15)17/h4-10H,3,18H2,1-2H3. The molecule has 0 atom stereocenters. The number of ether oxygens (including phenoxy) is 1. The van der Waals surface area contributed by atoms with Crippen LogP contribution in [-0.4, -0.2) is 19.6 Å². The van der Waals surface area contributed by atoms with Crippen molar-refractivity contribution in [3.63, 3.8) is 0 Å². The summed E-state index contributed by atoms with van der Waals surface area (Å²) in [6, 6.07) is 11.9. The molecule has 0 saturated heterocycles. The van der Waals surface area contributed by atoms with Crippen LogP contribution in [0.4, 0.5) is 21.5 Å². The second kappa shape index (κ2) is 6.26. The molecule has 0 amide bonds. The summed E-state index contributed by atoms with van der Waals surface area (Å²) in [6.45, 7) is 2.45. The third-order valence-electron chi connectivity index (χ3n) is 3.20. The zero-order valence-electron chi connectivity index (χ0n) is 12.0. The first-order valence-electron chi connectivity index (χ1n) is 6.58. The zero-order chi connectivity index (χ0) is 15.4. The van der Waals surface area contributed by atoms with Crippen LogP contribution >= 0.6 is 0 Å². The minimum atomic E-state index is -0.585. The number of esters is 1. The van der Waals surface area contributed by atoms with Gasteiger partial charge in [0.25, 0.3) is 0 Å². The predicted octanol–water partition coefficient (Wildman–Crippen LogP) is 3.35. The van der Waals surface area contributed by atoms with Gasteiger partial charge in [0.1, 0.15) is 5.82 Å². The molecule has 0 bridgehead atoms. The molecule has 0 heterocycles. The van der Waals surface area contributed by atoms with Crippen molar-refractivity contribution in [2.45, 2.75) is 6.92 Å². The molecule has 0 unspecified atom stereocenters. The lowest BCUT2D eigenvalue weighted by Crippen LogP contribution is -2.19. The molecule has 0 aromatic heterocycles. The molecule has 0 saturated carbocycles. The topological polar surface area (TPSA) is 55.6 Å². The summed E-state index contributed by atoms with van der Waals surface area (Å²) >= 11 is 0. The number of carbonyl (C=O) groups excluding carboxylic acids is 1. The second-order valence-corrected chi connectivity index (χ2v) is 4.46. The highest BCUT2D eigenvalue weighted by Crippen LogP contribution is 2.31. The van der Waals surface area contributed by atoms with Gasteiger partial charge in [-0.2, -0.15) is 0 Å². The summed E-state index contributed by atoms with van der Waals surface area (Å²) < 4.78 is 18.9. The van der Waals surface area contributed by atoms with Crippen LogP contribution in [0.15, 0.2) is 42.5 Å². The Kier molecular flexibility index (Phi) is 4.42. The number of methoxy groups -OCH3 is 1. The number of nitrogen functional groups attached to an aromatic ring is 1. The molecular weight excluding hydrogens is 271 g/mol. The maximum absolute atomic E-state index is 14.2. The van der Waals surface area contributed by atoms with E-state index in [1.54, 1.807) is 4.90 Å². The van der Waals surface area contributed by atoms with Gasteiger partial charge < -0.3 is 15.4 Å². The van der Waals surface area contributed by atoms with Crippen LogP contribution in [-0.2, 0) is 4.74 Å². The Morgan fingerprint density at radius 3 is 2.52 bits per heavy atom. The maximum Gasteiger partial charge on any atom is 0.340 e. The molecular formula is C16H17FN2O2. The molecule has 2 rings (SSSR count). The van der Waals surface area contributed by atoms with E-state index in [4.69, 9.17) is 5.73 Å². The fourth-order valence-electron chi connectivity index (χ4n) is 2.17. The predicted molar refractivity (Wildman–Crippen MR) is 81.3 cm³/mol. The normalized spacial score (nSPS) is 10.2. The number of hydrogen-bond acceptors (Lipinski definition) is 4. The number of halogens is 1. The highest BCUT2D eigenvalue weighted by Gasteiger charge is 2.18. The van der Waals surface area contributed by atoms with E-state index in [0.29, 0.717) is 12.2 Å². The van der Waals surface area contributed by atoms with Crippen LogP contribution in [0, 0.1) is 5.82 Å². The smallest absolute Gasteiger partial charge is 0.340 e. The number of carbonyl (C=O) groups is 1. The first-order chi connectivity index (χ1) is 10.1. The summed E-state index contributed by atoms with van der Waals surface area (Å²) in [6.07, 6.45) is 0. The van der Waals surface area contributed by atoms with Crippen molar-refractivity contribution in [1.29, 1.82) is 0 Å². The zero-order valence-corrected chi connectivity index (χ0v) is 12.0. The fourth-order valence-corrected chi connectivity index (χ4v) is 2.17. The van der Waals surface area contributed by atoms with Gasteiger partial charge in [-0.1, -0.05) is 18.2 Å². The lowest BCUT2D eigenvalue weighted by atomic mass is 10.1. The van der Waals surface area contributed by atoms with Crippen LogP contribution < -0.4 is 10.6 Å². The molecule has 110 valence electrons. The van der Waals surface area contributed by atoms with Crippen molar-refractivity contribution in [1.82, 2.24) is 0 Å². The summed E-state index contributed by atoms with van der Waals surface area (Å²) in [4.78, 5) is 13.5. The molecule has 0 aliphatic heterocycles. The molecule has 2 N–H and O–H groups in total. The maximum atomic E-state index is 14.2. The van der Waals surface area contributed by atoms with Crippen LogP contribution in [0.2, 0.25) is 0 Å². The van der Waals surface area contributed by atoms with E-state index < -0.39 is 11.8 Å². The molecule has 4 nitrogen and oxygen atoms in total. The minimum Gasteiger partial charge on any atom is -0.465 e. The molecule has 2 aromatic rings. The van der Waals surface area contributed by atoms with Crippen molar-refractivity contribution >= 4 is 23.0 Å². The lowest BCUT2D eigenvalue weighted by Gasteiger charge is -2.24. The third kappa shape index (κ3) is 2.97. The van der Waals surface area contributed by atoms with Gasteiger partial charge in [-0.05, 0) is 31.2 Å². The summed E-state index contributed by atoms with van der Waals surface area (Å²) in [5.74, 6) is -1.07. The molecule has 0 aliphatic carbocycles. The Balaban J connectivity index is 2.54. The van der Waals surface area contributed by atoms with Crippen molar-refractivity contribution < 1.29 is 13.9 Å². The monoisotopic (exact) mass is 288 g/mol. The molecule has 21 heavy (non-hydrogen) atoms. The van der Waals surface area contributed by atoms with Gasteiger partial charge in [-0.25, -0.2) is 9.18 Å². The average Bonchev–Trinajstić information content (AvgIpc) is 2.50. The number of nitrogens with zero attached hydrogens (tertiary/aromatic N) is 1. The fraction of sp³-hybridized carbons (Fsp3) is 0.188. The van der Waals surface area contributed by atoms with Crippen molar-refractivity contribution in [3.8, 4) is 0 Å². The van der Waals surface area contributed by atoms with Gasteiger partial charge in [-0.3, -0.25) is 0 Å². The number of anilines is 3. The first kappa shape index (κ1) is 14.8. The quantitative estimate of drug-likeness (QED) is 0.692. The number of hydrogen-bond donors (Lipinski definition) is 1. The van der Waals surface area contributed by atoms with Gasteiger partial charge in [0.15, 0.2) is 0 Å². The lowest BCUT2D eigenvalue weighted by molar-refractivity contribution is 0.0602. The minimum absolute atomic E-state index is 0.0622. The SMILES string of the molecule is CCN(c1ccccc1)c1cc(C(=O)OC)c(N)cc1F. The number of para-hydroxylation sites is 1. The molecule has 5 heteroatoms. The summed E-state index contributed by atoms with van der Waals surface area (Å²) in [5, 5.41) is 0.